The summed E-state index contributed by atoms with van der Waals surface area (Å²) in [5, 5.41) is 5.17. The van der Waals surface area contributed by atoms with Crippen molar-refractivity contribution in [3.63, 3.8) is 0 Å². The van der Waals surface area contributed by atoms with Gasteiger partial charge in [-0.1, -0.05) is 67.9 Å². The number of aromatic nitrogens is 2. The number of aryl methyl sites for hydroxylation is 2. The maximum absolute atomic E-state index is 10.8. The Kier molecular flexibility index (Phi) is 10.3. The summed E-state index contributed by atoms with van der Waals surface area (Å²) in [5.74, 6) is 0. The molecular weight excluding hydrogens is 484 g/mol. The van der Waals surface area contributed by atoms with Crippen LogP contribution in [0.2, 0.25) is 5.02 Å². The van der Waals surface area contributed by atoms with Gasteiger partial charge in [0.05, 0.1) is 46.7 Å². The van der Waals surface area contributed by atoms with E-state index >= 15 is 0 Å². The van der Waals surface area contributed by atoms with Crippen LogP contribution in [0.5, 0.6) is 0 Å². The molecule has 1 aliphatic rings. The van der Waals surface area contributed by atoms with Gasteiger partial charge in [0.15, 0.2) is 0 Å². The van der Waals surface area contributed by atoms with Gasteiger partial charge in [0.2, 0.25) is 0 Å². The van der Waals surface area contributed by atoms with Crippen LogP contribution in [0.3, 0.4) is 0 Å². The number of para-hydroxylation sites is 1. The maximum Gasteiger partial charge on any atom is 0.150 e. The van der Waals surface area contributed by atoms with Crippen molar-refractivity contribution in [1.29, 1.82) is 0 Å². The first-order valence-corrected chi connectivity index (χ1v) is 12.9. The van der Waals surface area contributed by atoms with Crippen molar-refractivity contribution < 1.29 is 9.53 Å². The van der Waals surface area contributed by atoms with Crippen LogP contribution in [0.25, 0.3) is 16.9 Å². The van der Waals surface area contributed by atoms with Crippen molar-refractivity contribution >= 4 is 29.3 Å². The Morgan fingerprint density at radius 1 is 0.919 bits per heavy atom. The van der Waals surface area contributed by atoms with Crippen molar-refractivity contribution in [3.8, 4) is 16.9 Å². The number of hydrogen-bond acceptors (Lipinski definition) is 5. The lowest BCUT2D eigenvalue weighted by molar-refractivity contribution is 0.112. The van der Waals surface area contributed by atoms with Gasteiger partial charge in [0.25, 0.3) is 0 Å². The summed E-state index contributed by atoms with van der Waals surface area (Å²) in [5.41, 5.74) is 13.5. The number of rotatable bonds is 4. The first-order valence-electron chi connectivity index (χ1n) is 12.5. The standard InChI is InChI=1S/C17H13ClN2O.C11H16N2O.C2H6/c1-12-10-17(14-8-6-13(11-21)7-9-14)20(19-12)16-5-3-2-4-15(16)18;1-9-2-3-11(10(12)8-9)13-4-6-14-7-5-13;1-2/h2-11H,1H3;2-3,8H,4-7,12H2,1H3;1-2H3. The summed E-state index contributed by atoms with van der Waals surface area (Å²) in [6.45, 7) is 11.5. The Bertz CT molecular complexity index is 1300. The Morgan fingerprint density at radius 3 is 2.22 bits per heavy atom. The van der Waals surface area contributed by atoms with Crippen LogP contribution in [0.1, 0.15) is 35.5 Å². The van der Waals surface area contributed by atoms with Crippen molar-refractivity contribution in [2.24, 2.45) is 0 Å². The molecule has 0 spiro atoms. The summed E-state index contributed by atoms with van der Waals surface area (Å²) in [4.78, 5) is 13.0. The van der Waals surface area contributed by atoms with Gasteiger partial charge in [0.1, 0.15) is 6.29 Å². The Labute approximate surface area is 224 Å². The molecule has 7 heteroatoms. The number of carbonyl (C=O) groups is 1. The minimum atomic E-state index is 0.645. The summed E-state index contributed by atoms with van der Waals surface area (Å²) in [7, 11) is 0. The zero-order valence-corrected chi connectivity index (χ0v) is 22.7. The minimum Gasteiger partial charge on any atom is -0.397 e. The van der Waals surface area contributed by atoms with Crippen LogP contribution in [-0.2, 0) is 4.74 Å². The smallest absolute Gasteiger partial charge is 0.150 e. The molecule has 0 amide bonds. The normalized spacial score (nSPS) is 12.6. The van der Waals surface area contributed by atoms with Gasteiger partial charge in [-0.2, -0.15) is 5.10 Å². The Hall–Kier alpha value is -3.61. The predicted molar refractivity (Wildman–Crippen MR) is 154 cm³/mol. The SMILES string of the molecule is CC.Cc1cc(-c2ccc(C=O)cc2)n(-c2ccccc2Cl)n1.Cc1ccc(N2CCOCC2)c(N)c1. The van der Waals surface area contributed by atoms with Crippen LogP contribution >= 0.6 is 11.6 Å². The highest BCUT2D eigenvalue weighted by Gasteiger charge is 2.13. The van der Waals surface area contributed by atoms with Gasteiger partial charge >= 0.3 is 0 Å². The number of nitrogens with zero attached hydrogens (tertiary/aromatic N) is 3. The van der Waals surface area contributed by atoms with E-state index in [2.05, 4.69) is 29.1 Å². The minimum absolute atomic E-state index is 0.645. The summed E-state index contributed by atoms with van der Waals surface area (Å²) >= 11 is 6.27. The number of nitrogens with two attached hydrogens (primary N) is 1. The van der Waals surface area contributed by atoms with Crippen molar-refractivity contribution in [1.82, 2.24) is 9.78 Å². The van der Waals surface area contributed by atoms with E-state index < -0.39 is 0 Å². The van der Waals surface area contributed by atoms with E-state index in [1.807, 2.05) is 74.0 Å². The number of nitrogen functional groups attached to an aromatic ring is 1. The van der Waals surface area contributed by atoms with E-state index in [9.17, 15) is 4.79 Å². The number of benzene rings is 3. The van der Waals surface area contributed by atoms with Gasteiger partial charge in [0, 0.05) is 24.2 Å². The van der Waals surface area contributed by atoms with Gasteiger partial charge < -0.3 is 15.4 Å². The second-order valence-electron chi connectivity index (χ2n) is 8.44. The largest absolute Gasteiger partial charge is 0.397 e. The number of hydrogen-bond donors (Lipinski definition) is 1. The van der Waals surface area contributed by atoms with Crippen molar-refractivity contribution in [2.75, 3.05) is 36.9 Å². The molecule has 0 bridgehead atoms. The van der Waals surface area contributed by atoms with Gasteiger partial charge in [-0.15, -0.1) is 0 Å². The molecule has 1 aliphatic heterocycles. The fraction of sp³-hybridized carbons (Fsp3) is 0.267. The molecule has 37 heavy (non-hydrogen) atoms. The van der Waals surface area contributed by atoms with E-state index in [1.165, 1.54) is 5.56 Å². The molecule has 5 rings (SSSR count). The van der Waals surface area contributed by atoms with E-state index in [1.54, 1.807) is 12.1 Å². The molecule has 0 saturated carbocycles. The lowest BCUT2D eigenvalue weighted by Gasteiger charge is -2.29. The molecule has 1 aromatic heterocycles. The molecule has 0 radical (unpaired) electrons. The highest BCUT2D eigenvalue weighted by Crippen LogP contribution is 2.28. The lowest BCUT2D eigenvalue weighted by Crippen LogP contribution is -2.36. The molecule has 0 atom stereocenters. The van der Waals surface area contributed by atoms with E-state index in [-0.39, 0.29) is 0 Å². The molecule has 194 valence electrons. The molecule has 1 saturated heterocycles. The fourth-order valence-electron chi connectivity index (χ4n) is 4.01. The molecular formula is C30H35ClN4O2. The highest BCUT2D eigenvalue weighted by atomic mass is 35.5. The van der Waals surface area contributed by atoms with E-state index in [0.717, 1.165) is 66.6 Å². The van der Waals surface area contributed by atoms with Crippen LogP contribution in [0, 0.1) is 13.8 Å². The Balaban J connectivity index is 0.000000207. The topological polar surface area (TPSA) is 73.4 Å². The predicted octanol–water partition coefficient (Wildman–Crippen LogP) is 6.75. The molecule has 6 nitrogen and oxygen atoms in total. The molecule has 0 aliphatic carbocycles. The van der Waals surface area contributed by atoms with E-state index in [4.69, 9.17) is 22.1 Å². The van der Waals surface area contributed by atoms with Crippen molar-refractivity contribution in [3.05, 3.63) is 94.6 Å². The third-order valence-electron chi connectivity index (χ3n) is 5.79. The van der Waals surface area contributed by atoms with Crippen LogP contribution in [0.4, 0.5) is 11.4 Å². The molecule has 2 N–H and O–H groups in total. The van der Waals surface area contributed by atoms with Crippen LogP contribution < -0.4 is 10.6 Å². The first-order chi connectivity index (χ1) is 18.0. The maximum atomic E-state index is 10.8. The molecule has 4 aromatic rings. The van der Waals surface area contributed by atoms with Gasteiger partial charge in [-0.05, 0) is 49.7 Å². The van der Waals surface area contributed by atoms with Crippen molar-refractivity contribution in [2.45, 2.75) is 27.7 Å². The zero-order valence-electron chi connectivity index (χ0n) is 21.9. The average molecular weight is 519 g/mol. The number of ether oxygens (including phenoxy) is 1. The Morgan fingerprint density at radius 2 is 1.59 bits per heavy atom. The monoisotopic (exact) mass is 518 g/mol. The number of halogens is 1. The van der Waals surface area contributed by atoms with Gasteiger partial charge in [-0.25, -0.2) is 4.68 Å². The second kappa shape index (κ2) is 13.6. The van der Waals surface area contributed by atoms with Gasteiger partial charge in [-0.3, -0.25) is 4.79 Å². The number of morpholine rings is 1. The third kappa shape index (κ3) is 7.21. The molecule has 0 unspecified atom stereocenters. The second-order valence-corrected chi connectivity index (χ2v) is 8.84. The quantitative estimate of drug-likeness (QED) is 0.239. The molecule has 1 fully saturated rings. The highest BCUT2D eigenvalue weighted by molar-refractivity contribution is 6.32. The number of carbonyl (C=O) groups excluding carboxylic acids is 1. The number of anilines is 2. The van der Waals surface area contributed by atoms with Crippen LogP contribution in [-0.4, -0.2) is 42.4 Å². The molecule has 3 aromatic carbocycles. The lowest BCUT2D eigenvalue weighted by atomic mass is 10.1. The van der Waals surface area contributed by atoms with Crippen LogP contribution in [0.15, 0.2) is 72.8 Å². The number of aldehydes is 1. The third-order valence-corrected chi connectivity index (χ3v) is 6.11. The zero-order chi connectivity index (χ0) is 26.8. The molecule has 2 heterocycles. The summed E-state index contributed by atoms with van der Waals surface area (Å²) in [6, 6.07) is 23.2. The average Bonchev–Trinajstić information content (AvgIpc) is 3.32. The fourth-order valence-corrected chi connectivity index (χ4v) is 4.23. The first kappa shape index (κ1) is 28.0. The van der Waals surface area contributed by atoms with E-state index in [0.29, 0.717) is 10.6 Å². The summed E-state index contributed by atoms with van der Waals surface area (Å²) in [6.07, 6.45) is 0.834. The summed E-state index contributed by atoms with van der Waals surface area (Å²) < 4.78 is 7.13.